The van der Waals surface area contributed by atoms with Crippen LogP contribution in [0.4, 0.5) is 5.82 Å². The molecule has 2 aliphatic heterocycles. The molecular formula is C15H12BrN3O2. The van der Waals surface area contributed by atoms with Gasteiger partial charge in [-0.3, -0.25) is 5.10 Å². The van der Waals surface area contributed by atoms with Crippen LogP contribution in [0.5, 0.6) is 0 Å². The van der Waals surface area contributed by atoms with Crippen LogP contribution in [0, 0.1) is 6.92 Å². The fourth-order valence-corrected chi connectivity index (χ4v) is 3.52. The lowest BCUT2D eigenvalue weighted by Gasteiger charge is -2.25. The Hall–Kier alpha value is -2.08. The average Bonchev–Trinajstić information content (AvgIpc) is 3.03. The second kappa shape index (κ2) is 4.46. The van der Waals surface area contributed by atoms with Crippen LogP contribution in [-0.2, 0) is 9.53 Å². The third-order valence-corrected chi connectivity index (χ3v) is 4.67. The second-order valence-corrected chi connectivity index (χ2v) is 6.01. The molecule has 0 aliphatic carbocycles. The summed E-state index contributed by atoms with van der Waals surface area (Å²) in [5.74, 6) is 0.343. The van der Waals surface area contributed by atoms with Crippen LogP contribution < -0.4 is 5.32 Å². The number of carbonyl (C=O) groups is 1. The van der Waals surface area contributed by atoms with Crippen LogP contribution in [0.2, 0.25) is 0 Å². The van der Waals surface area contributed by atoms with E-state index in [2.05, 4.69) is 31.4 Å². The molecule has 2 N–H and O–H groups in total. The number of rotatable bonds is 1. The summed E-state index contributed by atoms with van der Waals surface area (Å²) < 4.78 is 6.17. The lowest BCUT2D eigenvalue weighted by molar-refractivity contribution is -0.136. The van der Waals surface area contributed by atoms with Crippen molar-refractivity contribution in [3.63, 3.8) is 0 Å². The Bertz CT molecular complexity index is 794. The molecule has 1 aromatic carbocycles. The van der Waals surface area contributed by atoms with Crippen molar-refractivity contribution in [1.82, 2.24) is 10.2 Å². The Kier molecular flexibility index (Phi) is 2.68. The van der Waals surface area contributed by atoms with Gasteiger partial charge in [-0.25, -0.2) is 4.79 Å². The first-order valence-corrected chi connectivity index (χ1v) is 7.42. The standard InChI is InChI=1S/C15H12BrN3O2/c1-7-11-12(8-4-2-3-5-9(8)16)13-10(6-21-15(13)20)17-14(11)19-18-7/h2-5,12H,6H2,1H3,(H2,17,18,19). The monoisotopic (exact) mass is 345 g/mol. The smallest absolute Gasteiger partial charge is 0.337 e. The van der Waals surface area contributed by atoms with Crippen molar-refractivity contribution in [3.8, 4) is 0 Å². The van der Waals surface area contributed by atoms with E-state index in [0.29, 0.717) is 5.57 Å². The molecular weight excluding hydrogens is 334 g/mol. The Labute approximate surface area is 129 Å². The SMILES string of the molecule is Cc1[nH]nc2c1C(c1ccccc1Br)C1=C(COC1=O)N2. The zero-order chi connectivity index (χ0) is 14.6. The molecule has 2 aromatic rings. The Morgan fingerprint density at radius 2 is 2.19 bits per heavy atom. The predicted molar refractivity (Wildman–Crippen MR) is 80.9 cm³/mol. The first-order chi connectivity index (χ1) is 10.2. The molecule has 0 saturated carbocycles. The summed E-state index contributed by atoms with van der Waals surface area (Å²) in [5, 5.41) is 10.5. The van der Waals surface area contributed by atoms with E-state index in [1.54, 1.807) is 0 Å². The second-order valence-electron chi connectivity index (χ2n) is 5.16. The van der Waals surface area contributed by atoms with E-state index in [1.165, 1.54) is 0 Å². The van der Waals surface area contributed by atoms with Gasteiger partial charge in [-0.05, 0) is 18.6 Å². The van der Waals surface area contributed by atoms with E-state index in [9.17, 15) is 4.79 Å². The number of H-pyrrole nitrogens is 1. The van der Waals surface area contributed by atoms with Crippen LogP contribution in [0.15, 0.2) is 40.0 Å². The molecule has 6 heteroatoms. The molecule has 3 heterocycles. The third kappa shape index (κ3) is 1.75. The van der Waals surface area contributed by atoms with Gasteiger partial charge < -0.3 is 10.1 Å². The number of benzene rings is 1. The summed E-state index contributed by atoms with van der Waals surface area (Å²) in [6, 6.07) is 7.93. The fourth-order valence-electron chi connectivity index (χ4n) is 3.01. The Morgan fingerprint density at radius 3 is 3.00 bits per heavy atom. The summed E-state index contributed by atoms with van der Waals surface area (Å²) in [7, 11) is 0. The first-order valence-electron chi connectivity index (χ1n) is 6.63. The zero-order valence-corrected chi connectivity index (χ0v) is 12.8. The van der Waals surface area contributed by atoms with Crippen LogP contribution in [0.25, 0.3) is 0 Å². The van der Waals surface area contributed by atoms with Crippen LogP contribution in [0.3, 0.4) is 0 Å². The zero-order valence-electron chi connectivity index (χ0n) is 11.2. The maximum atomic E-state index is 12.2. The van der Waals surface area contributed by atoms with E-state index in [4.69, 9.17) is 4.74 Å². The van der Waals surface area contributed by atoms with Gasteiger partial charge in [-0.2, -0.15) is 5.10 Å². The summed E-state index contributed by atoms with van der Waals surface area (Å²) >= 11 is 3.59. The quantitative estimate of drug-likeness (QED) is 0.780. The largest absolute Gasteiger partial charge is 0.456 e. The number of fused-ring (bicyclic) bond motifs is 1. The highest BCUT2D eigenvalue weighted by Crippen LogP contribution is 2.46. The minimum atomic E-state index is -0.260. The minimum absolute atomic E-state index is 0.166. The third-order valence-electron chi connectivity index (χ3n) is 3.95. The fraction of sp³-hybridized carbons (Fsp3) is 0.200. The lowest BCUT2D eigenvalue weighted by atomic mass is 9.82. The number of hydrogen-bond donors (Lipinski definition) is 2. The van der Waals surface area contributed by atoms with E-state index in [0.717, 1.165) is 32.8 Å². The van der Waals surface area contributed by atoms with Gasteiger partial charge in [0.1, 0.15) is 6.61 Å². The minimum Gasteiger partial charge on any atom is -0.456 e. The van der Waals surface area contributed by atoms with E-state index >= 15 is 0 Å². The molecule has 0 radical (unpaired) electrons. The highest BCUT2D eigenvalue weighted by Gasteiger charge is 2.41. The number of ether oxygens (including phenoxy) is 1. The van der Waals surface area contributed by atoms with Crippen LogP contribution >= 0.6 is 15.9 Å². The summed E-state index contributed by atoms with van der Waals surface area (Å²) in [6.07, 6.45) is 0. The number of aryl methyl sites for hydroxylation is 1. The number of aromatic nitrogens is 2. The van der Waals surface area contributed by atoms with Crippen molar-refractivity contribution in [3.05, 3.63) is 56.8 Å². The molecule has 0 fully saturated rings. The topological polar surface area (TPSA) is 67.0 Å². The maximum absolute atomic E-state index is 12.2. The van der Waals surface area contributed by atoms with Gasteiger partial charge in [0.15, 0.2) is 5.82 Å². The highest BCUT2D eigenvalue weighted by atomic mass is 79.9. The van der Waals surface area contributed by atoms with Crippen molar-refractivity contribution < 1.29 is 9.53 Å². The number of cyclic esters (lactones) is 1. The Morgan fingerprint density at radius 1 is 1.38 bits per heavy atom. The van der Waals surface area contributed by atoms with E-state index < -0.39 is 0 Å². The van der Waals surface area contributed by atoms with Crippen molar-refractivity contribution >= 4 is 27.7 Å². The summed E-state index contributed by atoms with van der Waals surface area (Å²) in [6.45, 7) is 2.24. The van der Waals surface area contributed by atoms with Crippen molar-refractivity contribution in [2.45, 2.75) is 12.8 Å². The van der Waals surface area contributed by atoms with E-state index in [1.807, 2.05) is 31.2 Å². The molecule has 2 aliphatic rings. The highest BCUT2D eigenvalue weighted by molar-refractivity contribution is 9.10. The predicted octanol–water partition coefficient (Wildman–Crippen LogP) is 2.85. The number of anilines is 1. The van der Waals surface area contributed by atoms with Gasteiger partial charge in [0.25, 0.3) is 0 Å². The Balaban J connectivity index is 1.99. The summed E-state index contributed by atoms with van der Waals surface area (Å²) in [4.78, 5) is 12.2. The molecule has 4 rings (SSSR count). The molecule has 106 valence electrons. The van der Waals surface area contributed by atoms with Gasteiger partial charge in [-0.1, -0.05) is 34.1 Å². The number of hydrogen-bond acceptors (Lipinski definition) is 4. The number of nitrogens with zero attached hydrogens (tertiary/aromatic N) is 1. The maximum Gasteiger partial charge on any atom is 0.337 e. The van der Waals surface area contributed by atoms with Gasteiger partial charge in [0.05, 0.1) is 11.3 Å². The molecule has 1 aromatic heterocycles. The van der Waals surface area contributed by atoms with Gasteiger partial charge in [-0.15, -0.1) is 0 Å². The molecule has 1 unspecified atom stereocenters. The van der Waals surface area contributed by atoms with Crippen LogP contribution in [-0.4, -0.2) is 22.8 Å². The molecule has 5 nitrogen and oxygen atoms in total. The molecule has 21 heavy (non-hydrogen) atoms. The van der Waals surface area contributed by atoms with Gasteiger partial charge >= 0.3 is 5.97 Å². The van der Waals surface area contributed by atoms with Gasteiger partial charge in [0, 0.05) is 21.6 Å². The van der Waals surface area contributed by atoms with Gasteiger partial charge in [0.2, 0.25) is 0 Å². The molecule has 0 spiro atoms. The molecule has 0 amide bonds. The average molecular weight is 346 g/mol. The number of carbonyl (C=O) groups excluding carboxylic acids is 1. The molecule has 0 bridgehead atoms. The number of aromatic amines is 1. The molecule has 1 atom stereocenters. The van der Waals surface area contributed by atoms with E-state index in [-0.39, 0.29) is 18.5 Å². The van der Waals surface area contributed by atoms with Crippen LogP contribution in [0.1, 0.15) is 22.7 Å². The number of nitrogens with one attached hydrogen (secondary N) is 2. The normalized spacial score (nSPS) is 19.9. The first kappa shape index (κ1) is 12.6. The van der Waals surface area contributed by atoms with Crippen molar-refractivity contribution in [2.75, 3.05) is 11.9 Å². The van der Waals surface area contributed by atoms with Crippen molar-refractivity contribution in [1.29, 1.82) is 0 Å². The number of halogens is 1. The summed E-state index contributed by atoms with van der Waals surface area (Å²) in [5.41, 5.74) is 4.47. The molecule has 0 saturated heterocycles. The number of esters is 1. The van der Waals surface area contributed by atoms with Crippen molar-refractivity contribution in [2.24, 2.45) is 0 Å². The lowest BCUT2D eigenvalue weighted by Crippen LogP contribution is -2.20.